The van der Waals surface area contributed by atoms with Crippen LogP contribution in [0.4, 0.5) is 9.18 Å². The summed E-state index contributed by atoms with van der Waals surface area (Å²) < 4.78 is 24.3. The fourth-order valence-corrected chi connectivity index (χ4v) is 2.68. The third kappa shape index (κ3) is 2.80. The highest BCUT2D eigenvalue weighted by Crippen LogP contribution is 2.33. The van der Waals surface area contributed by atoms with Crippen LogP contribution < -0.4 is 14.8 Å². The van der Waals surface area contributed by atoms with Crippen LogP contribution >= 0.6 is 0 Å². The molecule has 2 aromatic rings. The van der Waals surface area contributed by atoms with Crippen molar-refractivity contribution in [2.45, 2.75) is 6.54 Å². The summed E-state index contributed by atoms with van der Waals surface area (Å²) in [6, 6.07) is 10.6. The van der Waals surface area contributed by atoms with Gasteiger partial charge >= 0.3 is 6.03 Å². The smallest absolute Gasteiger partial charge is 0.329 e. The Bertz CT molecular complexity index is 910. The maximum atomic E-state index is 13.8. The molecular weight excluding hydrogens is 327 g/mol. The number of nitrogens with zero attached hydrogens (tertiary/aromatic N) is 1. The molecule has 1 fully saturated rings. The molecule has 1 saturated heterocycles. The van der Waals surface area contributed by atoms with Crippen molar-refractivity contribution in [1.29, 1.82) is 0 Å². The van der Waals surface area contributed by atoms with Gasteiger partial charge < -0.3 is 14.8 Å². The van der Waals surface area contributed by atoms with E-state index >= 15 is 0 Å². The molecule has 4 rings (SSSR count). The molecule has 25 heavy (non-hydrogen) atoms. The minimum Gasteiger partial charge on any atom is -0.454 e. The van der Waals surface area contributed by atoms with Crippen molar-refractivity contribution in [3.05, 3.63) is 65.1 Å². The number of hydrogen-bond donors (Lipinski definition) is 1. The van der Waals surface area contributed by atoms with Crippen LogP contribution in [-0.2, 0) is 11.3 Å². The summed E-state index contributed by atoms with van der Waals surface area (Å²) in [6.07, 6.45) is 1.55. The van der Waals surface area contributed by atoms with Gasteiger partial charge in [0.05, 0.1) is 6.54 Å². The van der Waals surface area contributed by atoms with E-state index in [1.165, 1.54) is 12.1 Å². The van der Waals surface area contributed by atoms with E-state index < -0.39 is 17.8 Å². The van der Waals surface area contributed by atoms with Crippen molar-refractivity contribution in [2.24, 2.45) is 0 Å². The van der Waals surface area contributed by atoms with Crippen molar-refractivity contribution >= 4 is 18.0 Å². The van der Waals surface area contributed by atoms with Gasteiger partial charge in [0, 0.05) is 5.56 Å². The van der Waals surface area contributed by atoms with Gasteiger partial charge in [-0.25, -0.2) is 9.18 Å². The predicted molar refractivity (Wildman–Crippen MR) is 86.0 cm³/mol. The van der Waals surface area contributed by atoms with E-state index in [2.05, 4.69) is 5.32 Å². The minimum absolute atomic E-state index is 0.125. The first-order valence-electron chi connectivity index (χ1n) is 7.59. The maximum absolute atomic E-state index is 13.8. The number of carbonyl (C=O) groups is 2. The average molecular weight is 340 g/mol. The van der Waals surface area contributed by atoms with Crippen molar-refractivity contribution < 1.29 is 23.5 Å². The normalized spacial score (nSPS) is 17.3. The van der Waals surface area contributed by atoms with E-state index in [9.17, 15) is 14.0 Å². The van der Waals surface area contributed by atoms with Gasteiger partial charge in [-0.3, -0.25) is 9.69 Å². The summed E-state index contributed by atoms with van der Waals surface area (Å²) in [7, 11) is 0. The Kier molecular flexibility index (Phi) is 3.61. The number of imide groups is 1. The lowest BCUT2D eigenvalue weighted by molar-refractivity contribution is -0.123. The second-order valence-corrected chi connectivity index (χ2v) is 5.58. The number of rotatable bonds is 3. The van der Waals surface area contributed by atoms with Crippen molar-refractivity contribution in [3.8, 4) is 11.5 Å². The number of benzene rings is 2. The number of ether oxygens (including phenoxy) is 2. The SMILES string of the molecule is O=C1N/C(=C/c2ccc3c(c2)OCO3)C(=O)N1Cc1ccccc1F. The van der Waals surface area contributed by atoms with E-state index in [0.29, 0.717) is 17.1 Å². The first kappa shape index (κ1) is 15.2. The van der Waals surface area contributed by atoms with Gasteiger partial charge in [-0.2, -0.15) is 0 Å². The number of nitrogens with one attached hydrogen (secondary N) is 1. The highest BCUT2D eigenvalue weighted by Gasteiger charge is 2.34. The van der Waals surface area contributed by atoms with Crippen molar-refractivity contribution in [2.75, 3.05) is 6.79 Å². The van der Waals surface area contributed by atoms with Gasteiger partial charge in [0.1, 0.15) is 11.5 Å². The summed E-state index contributed by atoms with van der Waals surface area (Å²) >= 11 is 0. The van der Waals surface area contributed by atoms with Crippen LogP contribution in [0.1, 0.15) is 11.1 Å². The molecule has 0 radical (unpaired) electrons. The fraction of sp³-hybridized carbons (Fsp3) is 0.111. The number of hydrogen-bond acceptors (Lipinski definition) is 4. The molecular formula is C18H13FN2O4. The van der Waals surface area contributed by atoms with Gasteiger partial charge in [0.2, 0.25) is 6.79 Å². The molecule has 2 heterocycles. The zero-order valence-corrected chi connectivity index (χ0v) is 13.0. The summed E-state index contributed by atoms with van der Waals surface area (Å²) in [5.74, 6) is 0.238. The molecule has 2 aliphatic heterocycles. The quantitative estimate of drug-likeness (QED) is 0.689. The Morgan fingerprint density at radius 3 is 2.76 bits per heavy atom. The molecule has 0 aromatic heterocycles. The number of urea groups is 1. The van der Waals surface area contributed by atoms with Crippen molar-refractivity contribution in [1.82, 2.24) is 10.2 Å². The molecule has 0 unspecified atom stereocenters. The van der Waals surface area contributed by atoms with Crippen molar-refractivity contribution in [3.63, 3.8) is 0 Å². The van der Waals surface area contributed by atoms with Crippen LogP contribution in [0.5, 0.6) is 11.5 Å². The zero-order valence-electron chi connectivity index (χ0n) is 13.0. The van der Waals surface area contributed by atoms with Crippen LogP contribution in [0, 0.1) is 5.82 Å². The Hall–Kier alpha value is -3.35. The lowest BCUT2D eigenvalue weighted by Crippen LogP contribution is -2.30. The third-order valence-corrected chi connectivity index (χ3v) is 3.96. The Balaban J connectivity index is 1.57. The lowest BCUT2D eigenvalue weighted by atomic mass is 10.1. The summed E-state index contributed by atoms with van der Waals surface area (Å²) in [5.41, 5.74) is 1.08. The molecule has 2 aliphatic rings. The molecule has 0 atom stereocenters. The van der Waals surface area contributed by atoms with E-state index in [4.69, 9.17) is 9.47 Å². The predicted octanol–water partition coefficient (Wildman–Crippen LogP) is 2.65. The lowest BCUT2D eigenvalue weighted by Gasteiger charge is -2.12. The van der Waals surface area contributed by atoms with E-state index in [1.807, 2.05) is 0 Å². The number of halogens is 1. The second-order valence-electron chi connectivity index (χ2n) is 5.58. The molecule has 7 heteroatoms. The monoisotopic (exact) mass is 340 g/mol. The summed E-state index contributed by atoms with van der Waals surface area (Å²) in [4.78, 5) is 25.5. The Morgan fingerprint density at radius 1 is 1.12 bits per heavy atom. The largest absolute Gasteiger partial charge is 0.454 e. The number of amides is 3. The molecule has 3 amide bonds. The zero-order chi connectivity index (χ0) is 17.4. The number of carbonyl (C=O) groups excluding carboxylic acids is 2. The average Bonchev–Trinajstić information content (AvgIpc) is 3.16. The standard InChI is InChI=1S/C18H13FN2O4/c19-13-4-2-1-3-12(13)9-21-17(22)14(20-18(21)23)7-11-5-6-15-16(8-11)25-10-24-15/h1-8H,9-10H2,(H,20,23)/b14-7+. The third-order valence-electron chi connectivity index (χ3n) is 3.96. The molecule has 0 bridgehead atoms. The van der Waals surface area contributed by atoms with E-state index in [1.54, 1.807) is 36.4 Å². The first-order valence-corrected chi connectivity index (χ1v) is 7.59. The molecule has 0 saturated carbocycles. The minimum atomic E-state index is -0.583. The topological polar surface area (TPSA) is 67.9 Å². The highest BCUT2D eigenvalue weighted by atomic mass is 19.1. The summed E-state index contributed by atoms with van der Waals surface area (Å²) in [5, 5.41) is 2.51. The molecule has 1 N–H and O–H groups in total. The highest BCUT2D eigenvalue weighted by molar-refractivity contribution is 6.13. The molecule has 6 nitrogen and oxygen atoms in total. The summed E-state index contributed by atoms with van der Waals surface area (Å²) in [6.45, 7) is 0.0251. The van der Waals surface area contributed by atoms with Crippen LogP contribution in [-0.4, -0.2) is 23.6 Å². The van der Waals surface area contributed by atoms with E-state index in [0.717, 1.165) is 4.90 Å². The Morgan fingerprint density at radius 2 is 1.92 bits per heavy atom. The number of fused-ring (bicyclic) bond motifs is 1. The van der Waals surface area contributed by atoms with Gasteiger partial charge in [0.25, 0.3) is 5.91 Å². The molecule has 2 aromatic carbocycles. The molecule has 0 aliphatic carbocycles. The van der Waals surface area contributed by atoms with Crippen LogP contribution in [0.15, 0.2) is 48.2 Å². The fourth-order valence-electron chi connectivity index (χ4n) is 2.68. The van der Waals surface area contributed by atoms with Gasteiger partial charge in [0.15, 0.2) is 11.5 Å². The van der Waals surface area contributed by atoms with Crippen LogP contribution in [0.2, 0.25) is 0 Å². The first-order chi connectivity index (χ1) is 12.1. The molecule has 126 valence electrons. The van der Waals surface area contributed by atoms with Gasteiger partial charge in [-0.15, -0.1) is 0 Å². The van der Waals surface area contributed by atoms with Gasteiger partial charge in [-0.1, -0.05) is 24.3 Å². The second kappa shape index (κ2) is 5.94. The van der Waals surface area contributed by atoms with Crippen LogP contribution in [0.3, 0.4) is 0 Å². The van der Waals surface area contributed by atoms with E-state index in [-0.39, 0.29) is 24.6 Å². The van der Waals surface area contributed by atoms with Gasteiger partial charge in [-0.05, 0) is 29.8 Å². The Labute approximate surface area is 142 Å². The molecule has 0 spiro atoms. The van der Waals surface area contributed by atoms with Crippen LogP contribution in [0.25, 0.3) is 6.08 Å². The maximum Gasteiger partial charge on any atom is 0.329 e.